The second kappa shape index (κ2) is 9.21. The van der Waals surface area contributed by atoms with E-state index in [-0.39, 0.29) is 30.2 Å². The van der Waals surface area contributed by atoms with Crippen LogP contribution in [0.5, 0.6) is 5.75 Å². The minimum Gasteiger partial charge on any atom is -0.496 e. The van der Waals surface area contributed by atoms with Crippen LogP contribution in [0.3, 0.4) is 0 Å². The minimum absolute atomic E-state index is 0.0225. The maximum Gasteiger partial charge on any atom is 0.359 e. The Balaban J connectivity index is 1.77. The van der Waals surface area contributed by atoms with Crippen LogP contribution < -0.4 is 15.0 Å². The van der Waals surface area contributed by atoms with Crippen LogP contribution in [0, 0.1) is 12.7 Å². The van der Waals surface area contributed by atoms with Gasteiger partial charge in [0.15, 0.2) is 5.69 Å². The molecule has 182 valence electrons. The molecule has 0 saturated heterocycles. The number of methoxy groups -OCH3 is 2. The second-order valence-electron chi connectivity index (χ2n) is 8.40. The number of anilines is 1. The van der Waals surface area contributed by atoms with Crippen LogP contribution in [0.2, 0.25) is 0 Å². The number of hydrogen-bond donors (Lipinski definition) is 1. The summed E-state index contributed by atoms with van der Waals surface area (Å²) in [5.74, 6) is -1.86. The standard InChI is InChI=1S/C25H25FN4O5/c1-15-9-10-17(11-18(15)26)30-22(31)21-20(23(32)35-4)28-14-29(21)13-25(30,2)24(33)27-12-16-7-5-6-8-19(16)34-3/h5-11,14H,12-13H2,1-4H3,(H,27,33). The first-order valence-electron chi connectivity index (χ1n) is 10.9. The molecular formula is C25H25FN4O5. The lowest BCUT2D eigenvalue weighted by atomic mass is 9.93. The molecule has 1 aromatic heterocycles. The second-order valence-corrected chi connectivity index (χ2v) is 8.40. The largest absolute Gasteiger partial charge is 0.496 e. The SMILES string of the molecule is COC(=O)c1ncn2c1C(=O)N(c1ccc(C)c(F)c1)C(C)(C(=O)NCc1ccccc1OC)C2. The zero-order valence-electron chi connectivity index (χ0n) is 19.8. The predicted molar refractivity (Wildman–Crippen MR) is 125 cm³/mol. The van der Waals surface area contributed by atoms with Gasteiger partial charge in [-0.15, -0.1) is 0 Å². The Morgan fingerprint density at radius 2 is 1.94 bits per heavy atom. The Morgan fingerprint density at radius 1 is 1.20 bits per heavy atom. The summed E-state index contributed by atoms with van der Waals surface area (Å²) in [5.41, 5.74) is -0.364. The maximum atomic E-state index is 14.5. The lowest BCUT2D eigenvalue weighted by Gasteiger charge is -2.43. The third-order valence-electron chi connectivity index (χ3n) is 6.13. The van der Waals surface area contributed by atoms with E-state index in [0.29, 0.717) is 11.3 Å². The molecule has 0 aliphatic carbocycles. The van der Waals surface area contributed by atoms with Gasteiger partial charge in [-0.3, -0.25) is 14.5 Å². The number of nitrogens with one attached hydrogen (secondary N) is 1. The molecular weight excluding hydrogens is 455 g/mol. The molecule has 2 aromatic carbocycles. The van der Waals surface area contributed by atoms with Crippen molar-refractivity contribution in [1.82, 2.24) is 14.9 Å². The zero-order valence-corrected chi connectivity index (χ0v) is 19.8. The van der Waals surface area contributed by atoms with Gasteiger partial charge in [0, 0.05) is 17.8 Å². The van der Waals surface area contributed by atoms with Gasteiger partial charge >= 0.3 is 5.97 Å². The highest BCUT2D eigenvalue weighted by Gasteiger charge is 2.50. The Bertz CT molecular complexity index is 1320. The predicted octanol–water partition coefficient (Wildman–Crippen LogP) is 2.86. The van der Waals surface area contributed by atoms with E-state index in [1.807, 2.05) is 18.2 Å². The molecule has 1 aliphatic rings. The van der Waals surface area contributed by atoms with E-state index in [1.54, 1.807) is 26.0 Å². The van der Waals surface area contributed by atoms with Crippen molar-refractivity contribution in [3.8, 4) is 5.75 Å². The van der Waals surface area contributed by atoms with Crippen molar-refractivity contribution < 1.29 is 28.2 Å². The third kappa shape index (κ3) is 4.11. The van der Waals surface area contributed by atoms with Crippen LogP contribution in [0.4, 0.5) is 10.1 Å². The van der Waals surface area contributed by atoms with Crippen molar-refractivity contribution in [1.29, 1.82) is 0 Å². The molecule has 2 heterocycles. The Hall–Kier alpha value is -4.21. The number of para-hydroxylation sites is 1. The number of aryl methyl sites for hydroxylation is 1. The van der Waals surface area contributed by atoms with Crippen LogP contribution in [-0.2, 0) is 22.6 Å². The number of carbonyl (C=O) groups excluding carboxylic acids is 3. The number of nitrogens with zero attached hydrogens (tertiary/aromatic N) is 3. The summed E-state index contributed by atoms with van der Waals surface area (Å²) in [7, 11) is 2.72. The van der Waals surface area contributed by atoms with Crippen molar-refractivity contribution >= 4 is 23.5 Å². The van der Waals surface area contributed by atoms with Gasteiger partial charge in [0.25, 0.3) is 5.91 Å². The Kier molecular flexibility index (Phi) is 6.29. The average molecular weight is 480 g/mol. The highest BCUT2D eigenvalue weighted by atomic mass is 19.1. The molecule has 3 aromatic rings. The van der Waals surface area contributed by atoms with E-state index in [2.05, 4.69) is 10.3 Å². The number of fused-ring (bicyclic) bond motifs is 1. The van der Waals surface area contributed by atoms with Gasteiger partial charge in [-0.05, 0) is 37.6 Å². The number of hydrogen-bond acceptors (Lipinski definition) is 6. The Morgan fingerprint density at radius 3 is 2.63 bits per heavy atom. The van der Waals surface area contributed by atoms with E-state index < -0.39 is 29.1 Å². The fourth-order valence-corrected chi connectivity index (χ4v) is 4.22. The molecule has 1 atom stereocenters. The Labute approximate surface area is 201 Å². The summed E-state index contributed by atoms with van der Waals surface area (Å²) in [5, 5.41) is 2.87. The van der Waals surface area contributed by atoms with Crippen LogP contribution in [-0.4, -0.2) is 47.1 Å². The molecule has 1 N–H and O–H groups in total. The number of benzene rings is 2. The molecule has 0 radical (unpaired) electrons. The lowest BCUT2D eigenvalue weighted by molar-refractivity contribution is -0.126. The van der Waals surface area contributed by atoms with Crippen molar-refractivity contribution in [2.45, 2.75) is 32.5 Å². The van der Waals surface area contributed by atoms with Crippen molar-refractivity contribution in [3.63, 3.8) is 0 Å². The zero-order chi connectivity index (χ0) is 25.3. The van der Waals surface area contributed by atoms with Crippen LogP contribution in [0.15, 0.2) is 48.8 Å². The molecule has 0 saturated carbocycles. The van der Waals surface area contributed by atoms with Gasteiger partial charge in [-0.2, -0.15) is 0 Å². The minimum atomic E-state index is -1.47. The van der Waals surface area contributed by atoms with Crippen LogP contribution >= 0.6 is 0 Å². The number of esters is 1. The molecule has 1 unspecified atom stereocenters. The monoisotopic (exact) mass is 480 g/mol. The van der Waals surface area contributed by atoms with Gasteiger partial charge in [0.2, 0.25) is 5.91 Å². The highest BCUT2D eigenvalue weighted by molar-refractivity contribution is 6.15. The first-order chi connectivity index (χ1) is 16.7. The van der Waals surface area contributed by atoms with Crippen molar-refractivity contribution in [2.24, 2.45) is 0 Å². The average Bonchev–Trinajstić information content (AvgIpc) is 3.28. The molecule has 2 amide bonds. The smallest absolute Gasteiger partial charge is 0.359 e. The van der Waals surface area contributed by atoms with Crippen LogP contribution in [0.1, 0.15) is 39.0 Å². The van der Waals surface area contributed by atoms with Crippen molar-refractivity contribution in [3.05, 3.63) is 77.1 Å². The van der Waals surface area contributed by atoms with E-state index in [1.165, 1.54) is 42.1 Å². The number of ether oxygens (including phenoxy) is 2. The normalized spacial score (nSPS) is 17.1. The molecule has 4 rings (SSSR count). The molecule has 0 fully saturated rings. The van der Waals surface area contributed by atoms with Gasteiger partial charge < -0.3 is 19.4 Å². The summed E-state index contributed by atoms with van der Waals surface area (Å²) in [6.45, 7) is 3.31. The molecule has 1 aliphatic heterocycles. The van der Waals surface area contributed by atoms with Gasteiger partial charge in [0.1, 0.15) is 22.8 Å². The number of rotatable bonds is 6. The summed E-state index contributed by atoms with van der Waals surface area (Å²) >= 11 is 0. The van der Waals surface area contributed by atoms with E-state index in [4.69, 9.17) is 9.47 Å². The maximum absolute atomic E-state index is 14.5. The van der Waals surface area contributed by atoms with E-state index in [0.717, 1.165) is 5.56 Å². The molecule has 9 nitrogen and oxygen atoms in total. The number of amides is 2. The molecule has 0 spiro atoms. The molecule has 35 heavy (non-hydrogen) atoms. The van der Waals surface area contributed by atoms with Gasteiger partial charge in [-0.25, -0.2) is 14.2 Å². The van der Waals surface area contributed by atoms with Crippen molar-refractivity contribution in [2.75, 3.05) is 19.1 Å². The third-order valence-corrected chi connectivity index (χ3v) is 6.13. The summed E-state index contributed by atoms with van der Waals surface area (Å²) in [4.78, 5) is 44.8. The number of aromatic nitrogens is 2. The number of halogens is 1. The number of carbonyl (C=O) groups is 3. The molecule has 10 heteroatoms. The first kappa shape index (κ1) is 23.9. The first-order valence-corrected chi connectivity index (χ1v) is 10.9. The fraction of sp³-hybridized carbons (Fsp3) is 0.280. The molecule has 0 bridgehead atoms. The van der Waals surface area contributed by atoms with E-state index in [9.17, 15) is 18.8 Å². The van der Waals surface area contributed by atoms with E-state index >= 15 is 0 Å². The highest BCUT2D eigenvalue weighted by Crippen LogP contribution is 2.34. The van der Waals surface area contributed by atoms with Crippen LogP contribution in [0.25, 0.3) is 0 Å². The summed E-state index contributed by atoms with van der Waals surface area (Å²) in [6, 6.07) is 11.5. The quantitative estimate of drug-likeness (QED) is 0.545. The van der Waals surface area contributed by atoms with Gasteiger partial charge in [-0.1, -0.05) is 24.3 Å². The fourth-order valence-electron chi connectivity index (χ4n) is 4.22. The lowest BCUT2D eigenvalue weighted by Crippen LogP contribution is -2.64. The number of imidazole rings is 1. The summed E-state index contributed by atoms with van der Waals surface area (Å²) < 4.78 is 26.1. The topological polar surface area (TPSA) is 103 Å². The van der Waals surface area contributed by atoms with Gasteiger partial charge in [0.05, 0.1) is 27.1 Å². The summed E-state index contributed by atoms with van der Waals surface area (Å²) in [6.07, 6.45) is 1.32.